The van der Waals surface area contributed by atoms with E-state index in [1.54, 1.807) is 4.90 Å². The number of hydrogen-bond donors (Lipinski definition) is 3. The van der Waals surface area contributed by atoms with Gasteiger partial charge in [0.25, 0.3) is 0 Å². The van der Waals surface area contributed by atoms with Crippen LogP contribution in [0.3, 0.4) is 0 Å². The second-order valence-corrected chi connectivity index (χ2v) is 5.76. The van der Waals surface area contributed by atoms with Crippen molar-refractivity contribution in [2.45, 2.75) is 25.3 Å². The summed E-state index contributed by atoms with van der Waals surface area (Å²) in [6, 6.07) is -0.0352. The molecular weight excluding hydrogens is 294 g/mol. The number of piperidine rings is 1. The summed E-state index contributed by atoms with van der Waals surface area (Å²) in [5.41, 5.74) is 7.30. The molecule has 0 radical (unpaired) electrons. The largest absolute Gasteiger partial charge is 0.329 e. The molecule has 1 aliphatic rings. The summed E-state index contributed by atoms with van der Waals surface area (Å²) >= 11 is 0. The third-order valence-electron chi connectivity index (χ3n) is 4.31. The molecule has 8 heteroatoms. The number of carbonyl (C=O) groups is 1. The van der Waals surface area contributed by atoms with Crippen molar-refractivity contribution in [1.29, 1.82) is 0 Å². The fourth-order valence-corrected chi connectivity index (χ4v) is 2.95. The molecule has 2 amide bonds. The number of fused-ring (bicyclic) bond motifs is 1. The predicted molar refractivity (Wildman–Crippen MR) is 87.8 cm³/mol. The van der Waals surface area contributed by atoms with E-state index in [2.05, 4.69) is 31.8 Å². The van der Waals surface area contributed by atoms with Crippen molar-refractivity contribution in [3.8, 4) is 0 Å². The normalized spacial score (nSPS) is 17.2. The van der Waals surface area contributed by atoms with Gasteiger partial charge >= 0.3 is 6.03 Å². The lowest BCUT2D eigenvalue weighted by Gasteiger charge is -2.34. The lowest BCUT2D eigenvalue weighted by molar-refractivity contribution is 0.174. The van der Waals surface area contributed by atoms with Crippen LogP contribution in [0.1, 0.15) is 19.3 Å². The van der Waals surface area contributed by atoms with Crippen molar-refractivity contribution in [3.05, 3.63) is 25.3 Å². The number of nitrogens with one attached hydrogen (secondary N) is 2. The first kappa shape index (κ1) is 15.4. The molecular formula is C15H21N7O. The van der Waals surface area contributed by atoms with Crippen molar-refractivity contribution in [3.63, 3.8) is 0 Å². The molecule has 1 aliphatic heterocycles. The fourth-order valence-electron chi connectivity index (χ4n) is 2.95. The van der Waals surface area contributed by atoms with Gasteiger partial charge in [-0.15, -0.1) is 6.58 Å². The molecule has 1 saturated heterocycles. The van der Waals surface area contributed by atoms with Crippen LogP contribution in [-0.2, 0) is 0 Å². The molecule has 2 aromatic rings. The van der Waals surface area contributed by atoms with E-state index in [1.807, 2.05) is 6.08 Å². The van der Waals surface area contributed by atoms with E-state index in [9.17, 15) is 4.79 Å². The second kappa shape index (κ2) is 6.74. The molecule has 4 N–H and O–H groups in total. The molecule has 1 fully saturated rings. The lowest BCUT2D eigenvalue weighted by atomic mass is 9.88. The molecule has 1 atom stereocenters. The minimum atomic E-state index is -0.163. The molecule has 0 aromatic carbocycles. The van der Waals surface area contributed by atoms with Gasteiger partial charge in [-0.3, -0.25) is 5.32 Å². The number of imidazole rings is 1. The first-order valence-electron chi connectivity index (χ1n) is 7.75. The Labute approximate surface area is 134 Å². The van der Waals surface area contributed by atoms with Crippen LogP contribution in [0.5, 0.6) is 0 Å². The van der Waals surface area contributed by atoms with Gasteiger partial charge in [0.05, 0.1) is 6.33 Å². The third-order valence-corrected chi connectivity index (χ3v) is 4.31. The summed E-state index contributed by atoms with van der Waals surface area (Å²) in [6.45, 7) is 5.11. The highest BCUT2D eigenvalue weighted by Gasteiger charge is 2.26. The monoisotopic (exact) mass is 315 g/mol. The maximum absolute atomic E-state index is 12.4. The van der Waals surface area contributed by atoms with E-state index in [-0.39, 0.29) is 12.1 Å². The molecule has 0 spiro atoms. The van der Waals surface area contributed by atoms with Gasteiger partial charge in [0.15, 0.2) is 17.0 Å². The number of rotatable bonds is 4. The Morgan fingerprint density at radius 1 is 1.48 bits per heavy atom. The number of carbonyl (C=O) groups excluding carboxylic acids is 1. The van der Waals surface area contributed by atoms with Gasteiger partial charge in [0.1, 0.15) is 6.33 Å². The molecule has 2 aromatic heterocycles. The van der Waals surface area contributed by atoms with Crippen LogP contribution in [0.25, 0.3) is 11.2 Å². The number of nitrogens with two attached hydrogens (primary N) is 1. The fraction of sp³-hybridized carbons (Fsp3) is 0.467. The Bertz CT molecular complexity index is 690. The summed E-state index contributed by atoms with van der Waals surface area (Å²) in [5.74, 6) is 0.862. The Balaban J connectivity index is 1.60. The number of anilines is 1. The zero-order valence-electron chi connectivity index (χ0n) is 12.9. The minimum absolute atomic E-state index is 0.128. The van der Waals surface area contributed by atoms with Gasteiger partial charge in [-0.05, 0) is 25.2 Å². The average molecular weight is 315 g/mol. The maximum Gasteiger partial charge on any atom is 0.323 e. The molecule has 122 valence electrons. The Morgan fingerprint density at radius 2 is 2.26 bits per heavy atom. The number of nitrogens with zero attached hydrogens (tertiary/aromatic N) is 4. The number of likely N-dealkylation sites (tertiary alicyclic amines) is 1. The highest BCUT2D eigenvalue weighted by molar-refractivity contribution is 5.95. The third kappa shape index (κ3) is 3.31. The van der Waals surface area contributed by atoms with Crippen LogP contribution in [0.15, 0.2) is 25.3 Å². The lowest BCUT2D eigenvalue weighted by Crippen LogP contribution is -2.45. The van der Waals surface area contributed by atoms with E-state index in [4.69, 9.17) is 5.73 Å². The Hall–Kier alpha value is -2.48. The quantitative estimate of drug-likeness (QED) is 0.740. The van der Waals surface area contributed by atoms with Crippen molar-refractivity contribution in [2.24, 2.45) is 11.7 Å². The van der Waals surface area contributed by atoms with Crippen molar-refractivity contribution in [1.82, 2.24) is 24.8 Å². The van der Waals surface area contributed by atoms with Crippen molar-refractivity contribution < 1.29 is 4.79 Å². The molecule has 3 heterocycles. The molecule has 8 nitrogen and oxygen atoms in total. The highest BCUT2D eigenvalue weighted by atomic mass is 16.2. The summed E-state index contributed by atoms with van der Waals surface area (Å²) in [4.78, 5) is 29.4. The average Bonchev–Trinajstić information content (AvgIpc) is 3.05. The molecule has 3 rings (SSSR count). The zero-order chi connectivity index (χ0) is 16.2. The number of aromatic amines is 1. The number of hydrogen-bond acceptors (Lipinski definition) is 5. The van der Waals surface area contributed by atoms with Gasteiger partial charge in [0.2, 0.25) is 0 Å². The van der Waals surface area contributed by atoms with Crippen molar-refractivity contribution >= 4 is 23.0 Å². The van der Waals surface area contributed by atoms with Crippen LogP contribution in [0, 0.1) is 5.92 Å². The summed E-state index contributed by atoms with van der Waals surface area (Å²) < 4.78 is 0. The van der Waals surface area contributed by atoms with E-state index in [0.29, 0.717) is 36.0 Å². The van der Waals surface area contributed by atoms with Gasteiger partial charge in [-0.25, -0.2) is 19.7 Å². The topological polar surface area (TPSA) is 113 Å². The van der Waals surface area contributed by atoms with Crippen LogP contribution >= 0.6 is 0 Å². The zero-order valence-corrected chi connectivity index (χ0v) is 12.9. The van der Waals surface area contributed by atoms with Gasteiger partial charge < -0.3 is 15.6 Å². The molecule has 0 saturated carbocycles. The molecule has 0 aliphatic carbocycles. The first-order chi connectivity index (χ1) is 11.2. The number of amides is 2. The standard InChI is InChI=1S/C15H21N7O/c1-2-3-11(16)10-4-6-22(7-5-10)15(23)21-14-12-13(18-8-17-12)19-9-20-14/h2,8-11H,1,3-7,16H2,(H2,17,18,19,20,21,23). The van der Waals surface area contributed by atoms with E-state index in [0.717, 1.165) is 19.3 Å². The maximum atomic E-state index is 12.4. The van der Waals surface area contributed by atoms with Crippen LogP contribution in [0.2, 0.25) is 0 Å². The number of urea groups is 1. The van der Waals surface area contributed by atoms with E-state index in [1.165, 1.54) is 12.7 Å². The second-order valence-electron chi connectivity index (χ2n) is 5.76. The predicted octanol–water partition coefficient (Wildman–Crippen LogP) is 1.50. The van der Waals surface area contributed by atoms with Gasteiger partial charge in [-0.1, -0.05) is 6.08 Å². The Kier molecular flexibility index (Phi) is 4.52. The highest BCUT2D eigenvalue weighted by Crippen LogP contribution is 2.22. The van der Waals surface area contributed by atoms with Crippen molar-refractivity contribution in [2.75, 3.05) is 18.4 Å². The van der Waals surface area contributed by atoms with Crippen LogP contribution in [0.4, 0.5) is 10.6 Å². The smallest absolute Gasteiger partial charge is 0.323 e. The van der Waals surface area contributed by atoms with Gasteiger partial charge in [0, 0.05) is 19.1 Å². The first-order valence-corrected chi connectivity index (χ1v) is 7.75. The summed E-state index contributed by atoms with van der Waals surface area (Å²) in [6.07, 6.45) is 7.41. The Morgan fingerprint density at radius 3 is 3.00 bits per heavy atom. The molecule has 0 bridgehead atoms. The molecule has 23 heavy (non-hydrogen) atoms. The summed E-state index contributed by atoms with van der Waals surface area (Å²) in [5, 5.41) is 2.82. The van der Waals surface area contributed by atoms with Gasteiger partial charge in [-0.2, -0.15) is 0 Å². The number of H-pyrrole nitrogens is 1. The minimum Gasteiger partial charge on any atom is -0.329 e. The number of aromatic nitrogens is 4. The molecule has 1 unspecified atom stereocenters. The van der Waals surface area contributed by atoms with E-state index >= 15 is 0 Å². The van der Waals surface area contributed by atoms with E-state index < -0.39 is 0 Å². The summed E-state index contributed by atoms with van der Waals surface area (Å²) in [7, 11) is 0. The van der Waals surface area contributed by atoms with Crippen LogP contribution in [-0.4, -0.2) is 50.0 Å². The SMILES string of the molecule is C=CCC(N)C1CCN(C(=O)Nc2ncnc3[nH]cnc23)CC1. The van der Waals surface area contributed by atoms with Crippen LogP contribution < -0.4 is 11.1 Å².